The number of aliphatic hydroxyl groups is 2. The summed E-state index contributed by atoms with van der Waals surface area (Å²) in [5, 5.41) is 19.4. The van der Waals surface area contributed by atoms with E-state index in [1.165, 1.54) is 0 Å². The van der Waals surface area contributed by atoms with Crippen molar-refractivity contribution < 1.29 is 29.2 Å². The number of benzene rings is 1. The van der Waals surface area contributed by atoms with Crippen molar-refractivity contribution in [2.75, 3.05) is 13.2 Å². The van der Waals surface area contributed by atoms with Crippen molar-refractivity contribution in [2.45, 2.75) is 43.4 Å². The highest BCUT2D eigenvalue weighted by atomic mass is 16.9. The maximum absolute atomic E-state index is 10.2. The Hall–Kier alpha value is -1.28. The molecule has 5 unspecified atom stereocenters. The van der Waals surface area contributed by atoms with Crippen LogP contribution in [0.3, 0.4) is 0 Å². The number of aliphatic hydroxyl groups excluding tert-OH is 2. The molecule has 0 bridgehead atoms. The molecule has 0 aromatic heterocycles. The van der Waals surface area contributed by atoms with Gasteiger partial charge in [0.15, 0.2) is 6.29 Å². The molecule has 2 fully saturated rings. The highest BCUT2D eigenvalue weighted by Crippen LogP contribution is 2.44. The van der Waals surface area contributed by atoms with Gasteiger partial charge in [-0.2, -0.15) is 0 Å². The lowest BCUT2D eigenvalue weighted by molar-refractivity contribution is -0.376. The Morgan fingerprint density at radius 3 is 2.70 bits per heavy atom. The monoisotopic (exact) mass is 322 g/mol. The maximum Gasteiger partial charge on any atom is 0.314 e. The van der Waals surface area contributed by atoms with Gasteiger partial charge in [-0.1, -0.05) is 36.4 Å². The van der Waals surface area contributed by atoms with Gasteiger partial charge < -0.3 is 24.4 Å². The highest BCUT2D eigenvalue weighted by molar-refractivity contribution is 5.19. The standard InChI is InChI=1S/C17H22O6/c1-2-3-7-10-20-17(12-8-5-4-6-9-12)22-15-14(19)13(11-18)21-16(15)23-17/h2,4-6,8-9,13-16,18-19H,1,3,7,10-11H2. The van der Waals surface area contributed by atoms with Gasteiger partial charge in [-0.25, -0.2) is 0 Å². The molecule has 23 heavy (non-hydrogen) atoms. The lowest BCUT2D eigenvalue weighted by Gasteiger charge is -2.30. The van der Waals surface area contributed by atoms with Gasteiger partial charge in [0.25, 0.3) is 0 Å². The van der Waals surface area contributed by atoms with Gasteiger partial charge in [-0.3, -0.25) is 4.74 Å². The van der Waals surface area contributed by atoms with Gasteiger partial charge >= 0.3 is 5.97 Å². The third kappa shape index (κ3) is 3.19. The molecule has 2 saturated heterocycles. The van der Waals surface area contributed by atoms with E-state index in [1.54, 1.807) is 0 Å². The van der Waals surface area contributed by atoms with Crippen molar-refractivity contribution in [3.63, 3.8) is 0 Å². The Bertz CT molecular complexity index is 521. The molecule has 2 N–H and O–H groups in total. The minimum atomic E-state index is -1.40. The van der Waals surface area contributed by atoms with Gasteiger partial charge in [0.2, 0.25) is 0 Å². The Labute approximate surface area is 135 Å². The van der Waals surface area contributed by atoms with E-state index in [9.17, 15) is 10.2 Å². The fourth-order valence-electron chi connectivity index (χ4n) is 2.80. The molecule has 1 aromatic carbocycles. The predicted molar refractivity (Wildman–Crippen MR) is 81.2 cm³/mol. The van der Waals surface area contributed by atoms with E-state index < -0.39 is 30.6 Å². The van der Waals surface area contributed by atoms with E-state index in [2.05, 4.69) is 6.58 Å². The zero-order valence-corrected chi connectivity index (χ0v) is 12.8. The van der Waals surface area contributed by atoms with Crippen molar-refractivity contribution >= 4 is 0 Å². The number of hydrogen-bond donors (Lipinski definition) is 2. The molecule has 126 valence electrons. The van der Waals surface area contributed by atoms with Gasteiger partial charge in [-0.15, -0.1) is 6.58 Å². The molecule has 6 nitrogen and oxygen atoms in total. The summed E-state index contributed by atoms with van der Waals surface area (Å²) in [4.78, 5) is 0. The molecule has 0 amide bonds. The Kier molecular flexibility index (Phi) is 5.11. The first-order chi connectivity index (χ1) is 11.2. The van der Waals surface area contributed by atoms with E-state index in [0.717, 1.165) is 12.8 Å². The smallest absolute Gasteiger partial charge is 0.314 e. The van der Waals surface area contributed by atoms with E-state index in [4.69, 9.17) is 18.9 Å². The average Bonchev–Trinajstić information content (AvgIpc) is 3.09. The number of ether oxygens (including phenoxy) is 4. The first kappa shape index (κ1) is 16.6. The summed E-state index contributed by atoms with van der Waals surface area (Å²) < 4.78 is 23.2. The Balaban J connectivity index is 1.77. The van der Waals surface area contributed by atoms with E-state index in [1.807, 2.05) is 36.4 Å². The van der Waals surface area contributed by atoms with Gasteiger partial charge in [0.05, 0.1) is 13.2 Å². The fourth-order valence-corrected chi connectivity index (χ4v) is 2.80. The summed E-state index contributed by atoms with van der Waals surface area (Å²) in [5.74, 6) is -1.40. The zero-order chi connectivity index (χ0) is 16.3. The van der Waals surface area contributed by atoms with Crippen LogP contribution in [-0.4, -0.2) is 48.0 Å². The second-order valence-corrected chi connectivity index (χ2v) is 5.62. The normalized spacial score (nSPS) is 36.1. The third-order valence-corrected chi connectivity index (χ3v) is 4.01. The summed E-state index contributed by atoms with van der Waals surface area (Å²) in [6, 6.07) is 9.28. The third-order valence-electron chi connectivity index (χ3n) is 4.01. The Morgan fingerprint density at radius 2 is 2.04 bits per heavy atom. The van der Waals surface area contributed by atoms with Crippen LogP contribution in [0.5, 0.6) is 0 Å². The van der Waals surface area contributed by atoms with Crippen LogP contribution in [0, 0.1) is 0 Å². The van der Waals surface area contributed by atoms with E-state index in [0.29, 0.717) is 12.2 Å². The van der Waals surface area contributed by atoms with Crippen molar-refractivity contribution in [3.8, 4) is 0 Å². The summed E-state index contributed by atoms with van der Waals surface area (Å²) in [7, 11) is 0. The quantitative estimate of drug-likeness (QED) is 0.581. The molecular weight excluding hydrogens is 300 g/mol. The molecule has 0 aliphatic carbocycles. The first-order valence-electron chi connectivity index (χ1n) is 7.80. The number of allylic oxidation sites excluding steroid dienone is 1. The first-order valence-corrected chi connectivity index (χ1v) is 7.80. The second-order valence-electron chi connectivity index (χ2n) is 5.62. The number of fused-ring (bicyclic) bond motifs is 1. The number of unbranched alkanes of at least 4 members (excludes halogenated alkanes) is 1. The summed E-state index contributed by atoms with van der Waals surface area (Å²) in [6.45, 7) is 3.81. The van der Waals surface area contributed by atoms with Crippen LogP contribution in [-0.2, 0) is 24.9 Å². The molecule has 0 spiro atoms. The van der Waals surface area contributed by atoms with Crippen molar-refractivity contribution in [1.29, 1.82) is 0 Å². The van der Waals surface area contributed by atoms with Crippen LogP contribution in [0.4, 0.5) is 0 Å². The van der Waals surface area contributed by atoms with Crippen LogP contribution < -0.4 is 0 Å². The highest BCUT2D eigenvalue weighted by Gasteiger charge is 2.59. The summed E-state index contributed by atoms with van der Waals surface area (Å²) >= 11 is 0. The van der Waals surface area contributed by atoms with Crippen molar-refractivity contribution in [2.24, 2.45) is 0 Å². The topological polar surface area (TPSA) is 77.4 Å². The lowest BCUT2D eigenvalue weighted by atomic mass is 10.1. The van der Waals surface area contributed by atoms with Crippen LogP contribution in [0.25, 0.3) is 0 Å². The second kappa shape index (κ2) is 7.09. The number of hydrogen-bond acceptors (Lipinski definition) is 6. The van der Waals surface area contributed by atoms with Crippen LogP contribution >= 0.6 is 0 Å². The molecule has 0 radical (unpaired) electrons. The molecule has 2 aliphatic heterocycles. The zero-order valence-electron chi connectivity index (χ0n) is 12.8. The average molecular weight is 322 g/mol. The minimum absolute atomic E-state index is 0.292. The molecule has 2 heterocycles. The van der Waals surface area contributed by atoms with Gasteiger partial charge in [0.1, 0.15) is 18.3 Å². The van der Waals surface area contributed by atoms with Crippen molar-refractivity contribution in [1.82, 2.24) is 0 Å². The van der Waals surface area contributed by atoms with Crippen molar-refractivity contribution in [3.05, 3.63) is 48.6 Å². The molecule has 5 atom stereocenters. The molecule has 6 heteroatoms. The summed E-state index contributed by atoms with van der Waals surface area (Å²) in [5.41, 5.74) is 0.698. The SMILES string of the molecule is C=CCCCOC1(c2ccccc2)OC2OC(CO)C(O)C2O1. The molecule has 0 saturated carbocycles. The lowest BCUT2D eigenvalue weighted by Crippen LogP contribution is -2.39. The van der Waals surface area contributed by atoms with E-state index >= 15 is 0 Å². The van der Waals surface area contributed by atoms with Crippen LogP contribution in [0.15, 0.2) is 43.0 Å². The Morgan fingerprint density at radius 1 is 1.26 bits per heavy atom. The molecule has 1 aromatic rings. The number of rotatable bonds is 7. The van der Waals surface area contributed by atoms with Gasteiger partial charge in [-0.05, 0) is 12.8 Å². The summed E-state index contributed by atoms with van der Waals surface area (Å²) in [6.07, 6.45) is 0.273. The van der Waals surface area contributed by atoms with E-state index in [-0.39, 0.29) is 6.61 Å². The predicted octanol–water partition coefficient (Wildman–Crippen LogP) is 1.27. The van der Waals surface area contributed by atoms with Gasteiger partial charge in [0, 0.05) is 5.56 Å². The fraction of sp³-hybridized carbons (Fsp3) is 0.529. The molecular formula is C17H22O6. The molecule has 3 rings (SSSR count). The maximum atomic E-state index is 10.2. The molecule has 2 aliphatic rings. The van der Waals surface area contributed by atoms with Crippen LogP contribution in [0.1, 0.15) is 18.4 Å². The van der Waals surface area contributed by atoms with Crippen LogP contribution in [0.2, 0.25) is 0 Å². The minimum Gasteiger partial charge on any atom is -0.394 e. The largest absolute Gasteiger partial charge is 0.394 e.